The Balaban J connectivity index is 1.47. The molecule has 4 rings (SSSR count). The SMILES string of the molecule is COc1cc2c(cc1OC)CN(C(=O)c1cc(OCc3ccccc3)ncn1)CC2. The lowest BCUT2D eigenvalue weighted by atomic mass is 9.98. The van der Waals surface area contributed by atoms with Gasteiger partial charge in [0.15, 0.2) is 11.5 Å². The van der Waals surface area contributed by atoms with Crippen LogP contribution in [0.15, 0.2) is 54.9 Å². The highest BCUT2D eigenvalue weighted by atomic mass is 16.5. The van der Waals surface area contributed by atoms with Crippen LogP contribution < -0.4 is 14.2 Å². The molecular formula is C23H23N3O4. The van der Waals surface area contributed by atoms with E-state index >= 15 is 0 Å². The van der Waals surface area contributed by atoms with E-state index in [1.54, 1.807) is 25.2 Å². The van der Waals surface area contributed by atoms with Crippen molar-refractivity contribution >= 4 is 5.91 Å². The molecule has 1 aliphatic rings. The fourth-order valence-electron chi connectivity index (χ4n) is 3.49. The summed E-state index contributed by atoms with van der Waals surface area (Å²) >= 11 is 0. The molecule has 1 amide bonds. The van der Waals surface area contributed by atoms with Crippen molar-refractivity contribution < 1.29 is 19.0 Å². The Hall–Kier alpha value is -3.61. The summed E-state index contributed by atoms with van der Waals surface area (Å²) in [6.07, 6.45) is 2.10. The summed E-state index contributed by atoms with van der Waals surface area (Å²) in [5.41, 5.74) is 3.55. The molecule has 0 atom stereocenters. The normalized spacial score (nSPS) is 12.8. The van der Waals surface area contributed by atoms with Crippen LogP contribution in [0, 0.1) is 0 Å². The number of amides is 1. The van der Waals surface area contributed by atoms with Gasteiger partial charge in [-0.15, -0.1) is 0 Å². The second-order valence-electron chi connectivity index (χ2n) is 6.97. The first-order valence-electron chi connectivity index (χ1n) is 9.69. The molecule has 1 aromatic heterocycles. The first kappa shape index (κ1) is 19.7. The van der Waals surface area contributed by atoms with Gasteiger partial charge in [0.2, 0.25) is 5.88 Å². The van der Waals surface area contributed by atoms with Gasteiger partial charge >= 0.3 is 0 Å². The Kier molecular flexibility index (Phi) is 5.79. The van der Waals surface area contributed by atoms with E-state index in [1.807, 2.05) is 42.5 Å². The Morgan fingerprint density at radius 3 is 2.47 bits per heavy atom. The standard InChI is InChI=1S/C23H23N3O4/c1-28-20-10-17-8-9-26(13-18(17)11-21(20)29-2)23(27)19-12-22(25-15-24-19)30-14-16-6-4-3-5-7-16/h3-7,10-12,15H,8-9,13-14H2,1-2H3. The van der Waals surface area contributed by atoms with E-state index in [1.165, 1.54) is 6.33 Å². The molecule has 2 heterocycles. The van der Waals surface area contributed by atoms with E-state index < -0.39 is 0 Å². The van der Waals surface area contributed by atoms with E-state index in [9.17, 15) is 4.79 Å². The third-order valence-corrected chi connectivity index (χ3v) is 5.10. The van der Waals surface area contributed by atoms with Crippen LogP contribution in [0.1, 0.15) is 27.2 Å². The Labute approximate surface area is 175 Å². The number of carbonyl (C=O) groups is 1. The fraction of sp³-hybridized carbons (Fsp3) is 0.261. The fourth-order valence-corrected chi connectivity index (χ4v) is 3.49. The highest BCUT2D eigenvalue weighted by Crippen LogP contribution is 2.33. The molecule has 3 aromatic rings. The lowest BCUT2D eigenvalue weighted by Gasteiger charge is -2.29. The second kappa shape index (κ2) is 8.82. The van der Waals surface area contributed by atoms with E-state index in [-0.39, 0.29) is 5.91 Å². The molecule has 0 unspecified atom stereocenters. The van der Waals surface area contributed by atoms with Crippen LogP contribution in [0.3, 0.4) is 0 Å². The Morgan fingerprint density at radius 2 is 1.73 bits per heavy atom. The summed E-state index contributed by atoms with van der Waals surface area (Å²) < 4.78 is 16.5. The molecule has 0 saturated carbocycles. The number of rotatable bonds is 6. The van der Waals surface area contributed by atoms with Crippen LogP contribution in [-0.2, 0) is 19.6 Å². The molecule has 7 nitrogen and oxygen atoms in total. The van der Waals surface area contributed by atoms with Crippen LogP contribution in [0.5, 0.6) is 17.4 Å². The Bertz CT molecular complexity index is 1040. The largest absolute Gasteiger partial charge is 0.493 e. The van der Waals surface area contributed by atoms with Gasteiger partial charge in [0, 0.05) is 19.2 Å². The smallest absolute Gasteiger partial charge is 0.273 e. The van der Waals surface area contributed by atoms with Gasteiger partial charge in [-0.25, -0.2) is 9.97 Å². The third-order valence-electron chi connectivity index (χ3n) is 5.10. The summed E-state index contributed by atoms with van der Waals surface area (Å²) in [6, 6.07) is 15.3. The van der Waals surface area contributed by atoms with Crippen molar-refractivity contribution in [3.63, 3.8) is 0 Å². The number of hydrogen-bond acceptors (Lipinski definition) is 6. The number of nitrogens with zero attached hydrogens (tertiary/aromatic N) is 3. The van der Waals surface area contributed by atoms with Gasteiger partial charge in [0.25, 0.3) is 5.91 Å². The summed E-state index contributed by atoms with van der Waals surface area (Å²) in [6.45, 7) is 1.47. The van der Waals surface area contributed by atoms with Gasteiger partial charge in [-0.05, 0) is 35.2 Å². The van der Waals surface area contributed by atoms with Gasteiger partial charge in [-0.3, -0.25) is 4.79 Å². The maximum Gasteiger partial charge on any atom is 0.273 e. The lowest BCUT2D eigenvalue weighted by Crippen LogP contribution is -2.36. The topological polar surface area (TPSA) is 73.8 Å². The van der Waals surface area contributed by atoms with Crippen molar-refractivity contribution in [1.82, 2.24) is 14.9 Å². The van der Waals surface area contributed by atoms with Gasteiger partial charge in [-0.2, -0.15) is 0 Å². The number of aromatic nitrogens is 2. The minimum Gasteiger partial charge on any atom is -0.493 e. The number of ether oxygens (including phenoxy) is 3. The minimum absolute atomic E-state index is 0.151. The molecular weight excluding hydrogens is 382 g/mol. The zero-order valence-corrected chi connectivity index (χ0v) is 17.0. The molecule has 0 spiro atoms. The average molecular weight is 405 g/mol. The van der Waals surface area contributed by atoms with Crippen molar-refractivity contribution in [3.05, 3.63) is 77.2 Å². The third kappa shape index (κ3) is 4.20. The predicted molar refractivity (Wildman–Crippen MR) is 111 cm³/mol. The van der Waals surface area contributed by atoms with Crippen LogP contribution in [0.25, 0.3) is 0 Å². The van der Waals surface area contributed by atoms with Gasteiger partial charge in [0.05, 0.1) is 14.2 Å². The molecule has 154 valence electrons. The molecule has 0 saturated heterocycles. The maximum atomic E-state index is 13.0. The summed E-state index contributed by atoms with van der Waals surface area (Å²) in [7, 11) is 3.23. The maximum absolute atomic E-state index is 13.0. The van der Waals surface area contributed by atoms with Crippen molar-refractivity contribution in [2.24, 2.45) is 0 Å². The molecule has 7 heteroatoms. The number of fused-ring (bicyclic) bond motifs is 1. The highest BCUT2D eigenvalue weighted by molar-refractivity contribution is 5.92. The van der Waals surface area contributed by atoms with Crippen LogP contribution in [0.4, 0.5) is 0 Å². The van der Waals surface area contributed by atoms with Crippen LogP contribution in [-0.4, -0.2) is 41.5 Å². The van der Waals surface area contributed by atoms with E-state index in [0.29, 0.717) is 42.8 Å². The zero-order chi connectivity index (χ0) is 20.9. The molecule has 0 bridgehead atoms. The molecule has 2 aromatic carbocycles. The van der Waals surface area contributed by atoms with Crippen molar-refractivity contribution in [3.8, 4) is 17.4 Å². The molecule has 0 N–H and O–H groups in total. The number of methoxy groups -OCH3 is 2. The second-order valence-corrected chi connectivity index (χ2v) is 6.97. The number of carbonyl (C=O) groups excluding carboxylic acids is 1. The molecule has 0 fully saturated rings. The van der Waals surface area contributed by atoms with Crippen LogP contribution in [0.2, 0.25) is 0 Å². The van der Waals surface area contributed by atoms with Crippen LogP contribution >= 0.6 is 0 Å². The van der Waals surface area contributed by atoms with Gasteiger partial charge < -0.3 is 19.1 Å². The summed E-state index contributed by atoms with van der Waals surface area (Å²) in [5.74, 6) is 1.58. The highest BCUT2D eigenvalue weighted by Gasteiger charge is 2.25. The number of benzene rings is 2. The summed E-state index contributed by atoms with van der Waals surface area (Å²) in [4.78, 5) is 23.1. The number of hydrogen-bond donors (Lipinski definition) is 0. The van der Waals surface area contributed by atoms with E-state index in [4.69, 9.17) is 14.2 Å². The first-order valence-corrected chi connectivity index (χ1v) is 9.69. The summed E-state index contributed by atoms with van der Waals surface area (Å²) in [5, 5.41) is 0. The van der Waals surface area contributed by atoms with Gasteiger partial charge in [0.1, 0.15) is 18.6 Å². The van der Waals surface area contributed by atoms with E-state index in [2.05, 4.69) is 9.97 Å². The van der Waals surface area contributed by atoms with E-state index in [0.717, 1.165) is 23.1 Å². The quantitative estimate of drug-likeness (QED) is 0.627. The molecule has 30 heavy (non-hydrogen) atoms. The van der Waals surface area contributed by atoms with Crippen molar-refractivity contribution in [2.45, 2.75) is 19.6 Å². The van der Waals surface area contributed by atoms with Crippen molar-refractivity contribution in [2.75, 3.05) is 20.8 Å². The molecule has 0 radical (unpaired) electrons. The first-order chi connectivity index (χ1) is 14.7. The average Bonchev–Trinajstić information content (AvgIpc) is 2.81. The Morgan fingerprint density at radius 1 is 1.00 bits per heavy atom. The monoisotopic (exact) mass is 405 g/mol. The minimum atomic E-state index is -0.151. The van der Waals surface area contributed by atoms with Crippen molar-refractivity contribution in [1.29, 1.82) is 0 Å². The predicted octanol–water partition coefficient (Wildman–Crippen LogP) is 3.27. The zero-order valence-electron chi connectivity index (χ0n) is 17.0. The molecule has 0 aliphatic carbocycles. The lowest BCUT2D eigenvalue weighted by molar-refractivity contribution is 0.0727. The molecule has 1 aliphatic heterocycles. The van der Waals surface area contributed by atoms with Gasteiger partial charge in [-0.1, -0.05) is 30.3 Å².